The summed E-state index contributed by atoms with van der Waals surface area (Å²) in [5.74, 6) is 1.72. The standard InChI is InChI=1S/C18H27IN2/c1-13(2)9-17-10-20-18(15-5-6-15)12-21(17)11-14-3-7-16(19)8-4-14/h3-4,7-8,13,15,17-18,20H,5-6,9-12H2,1-2H3. The summed E-state index contributed by atoms with van der Waals surface area (Å²) in [7, 11) is 0. The van der Waals surface area contributed by atoms with Crippen molar-refractivity contribution in [2.45, 2.75) is 51.7 Å². The van der Waals surface area contributed by atoms with Crippen LogP contribution < -0.4 is 5.32 Å². The quantitative estimate of drug-likeness (QED) is 0.758. The van der Waals surface area contributed by atoms with Crippen molar-refractivity contribution in [3.05, 3.63) is 33.4 Å². The van der Waals surface area contributed by atoms with E-state index in [0.29, 0.717) is 6.04 Å². The molecular formula is C18H27IN2. The Bertz CT molecular complexity index is 453. The molecule has 0 spiro atoms. The van der Waals surface area contributed by atoms with E-state index in [-0.39, 0.29) is 0 Å². The summed E-state index contributed by atoms with van der Waals surface area (Å²) in [6, 6.07) is 10.5. The number of rotatable bonds is 5. The molecule has 1 saturated carbocycles. The predicted molar refractivity (Wildman–Crippen MR) is 97.3 cm³/mol. The molecule has 1 saturated heterocycles. The Morgan fingerprint density at radius 2 is 1.95 bits per heavy atom. The number of piperazine rings is 1. The first kappa shape index (κ1) is 15.8. The number of hydrogen-bond donors (Lipinski definition) is 1. The maximum Gasteiger partial charge on any atom is 0.0237 e. The van der Waals surface area contributed by atoms with Crippen LogP contribution in [-0.2, 0) is 6.54 Å². The molecule has 21 heavy (non-hydrogen) atoms. The molecule has 0 aromatic heterocycles. The van der Waals surface area contributed by atoms with Gasteiger partial charge < -0.3 is 5.32 Å². The van der Waals surface area contributed by atoms with E-state index in [9.17, 15) is 0 Å². The minimum atomic E-state index is 0.694. The molecule has 1 aliphatic heterocycles. The lowest BCUT2D eigenvalue weighted by Gasteiger charge is -2.41. The fourth-order valence-corrected chi connectivity index (χ4v) is 3.85. The van der Waals surface area contributed by atoms with Crippen LogP contribution in [0.4, 0.5) is 0 Å². The summed E-state index contributed by atoms with van der Waals surface area (Å²) in [6.07, 6.45) is 4.17. The van der Waals surface area contributed by atoms with Crippen LogP contribution in [0.5, 0.6) is 0 Å². The topological polar surface area (TPSA) is 15.3 Å². The molecule has 0 bridgehead atoms. The third-order valence-corrected chi connectivity index (χ3v) is 5.52. The highest BCUT2D eigenvalue weighted by atomic mass is 127. The summed E-state index contributed by atoms with van der Waals surface area (Å²) in [5.41, 5.74) is 1.46. The Kier molecular flexibility index (Phi) is 5.23. The lowest BCUT2D eigenvalue weighted by atomic mass is 9.97. The normalized spacial score (nSPS) is 27.2. The monoisotopic (exact) mass is 398 g/mol. The van der Waals surface area contributed by atoms with E-state index in [1.807, 2.05) is 0 Å². The Balaban J connectivity index is 1.67. The van der Waals surface area contributed by atoms with Crippen molar-refractivity contribution >= 4 is 22.6 Å². The number of nitrogens with one attached hydrogen (secondary N) is 1. The second-order valence-electron chi connectivity index (χ2n) is 7.19. The van der Waals surface area contributed by atoms with Crippen LogP contribution in [0.2, 0.25) is 0 Å². The van der Waals surface area contributed by atoms with Gasteiger partial charge in [-0.15, -0.1) is 0 Å². The summed E-state index contributed by atoms with van der Waals surface area (Å²) >= 11 is 2.38. The summed E-state index contributed by atoms with van der Waals surface area (Å²) < 4.78 is 1.33. The van der Waals surface area contributed by atoms with Crippen molar-refractivity contribution in [1.82, 2.24) is 10.2 Å². The summed E-state index contributed by atoms with van der Waals surface area (Å²) in [4.78, 5) is 2.74. The molecule has 2 unspecified atom stereocenters. The van der Waals surface area contributed by atoms with E-state index >= 15 is 0 Å². The second-order valence-corrected chi connectivity index (χ2v) is 8.44. The van der Waals surface area contributed by atoms with Crippen molar-refractivity contribution < 1.29 is 0 Å². The number of benzene rings is 1. The number of nitrogens with zero attached hydrogens (tertiary/aromatic N) is 1. The molecule has 0 amide bonds. The minimum Gasteiger partial charge on any atom is -0.311 e. The zero-order valence-electron chi connectivity index (χ0n) is 13.2. The van der Waals surface area contributed by atoms with Crippen LogP contribution in [0.1, 0.15) is 38.7 Å². The summed E-state index contributed by atoms with van der Waals surface area (Å²) in [5, 5.41) is 3.82. The molecule has 116 valence electrons. The molecular weight excluding hydrogens is 371 g/mol. The van der Waals surface area contributed by atoms with Gasteiger partial charge in [0.1, 0.15) is 0 Å². The van der Waals surface area contributed by atoms with Gasteiger partial charge in [0.15, 0.2) is 0 Å². The third-order valence-electron chi connectivity index (χ3n) is 4.80. The maximum absolute atomic E-state index is 3.82. The molecule has 1 aliphatic carbocycles. The number of halogens is 1. The largest absolute Gasteiger partial charge is 0.311 e. The van der Waals surface area contributed by atoms with Crippen molar-refractivity contribution in [2.75, 3.05) is 13.1 Å². The smallest absolute Gasteiger partial charge is 0.0237 e. The van der Waals surface area contributed by atoms with Crippen molar-refractivity contribution in [2.24, 2.45) is 11.8 Å². The minimum absolute atomic E-state index is 0.694. The van der Waals surface area contributed by atoms with Gasteiger partial charge in [0.2, 0.25) is 0 Å². The molecule has 3 rings (SSSR count). The molecule has 2 atom stereocenters. The molecule has 2 fully saturated rings. The molecule has 1 aromatic rings. The van der Waals surface area contributed by atoms with Gasteiger partial charge in [0.25, 0.3) is 0 Å². The van der Waals surface area contributed by atoms with E-state index in [0.717, 1.165) is 24.4 Å². The van der Waals surface area contributed by atoms with Gasteiger partial charge in [-0.05, 0) is 71.4 Å². The van der Waals surface area contributed by atoms with Gasteiger partial charge in [-0.2, -0.15) is 0 Å². The van der Waals surface area contributed by atoms with Gasteiger partial charge in [0, 0.05) is 35.3 Å². The molecule has 1 N–H and O–H groups in total. The fraction of sp³-hybridized carbons (Fsp3) is 0.667. The van der Waals surface area contributed by atoms with Gasteiger partial charge >= 0.3 is 0 Å². The fourth-order valence-electron chi connectivity index (χ4n) is 3.49. The molecule has 0 radical (unpaired) electrons. The number of hydrogen-bond acceptors (Lipinski definition) is 2. The highest BCUT2D eigenvalue weighted by Gasteiger charge is 2.37. The molecule has 1 aromatic carbocycles. The molecule has 1 heterocycles. The predicted octanol–water partition coefficient (Wildman–Crippen LogP) is 3.89. The van der Waals surface area contributed by atoms with Crippen LogP contribution in [0.15, 0.2) is 24.3 Å². The second kappa shape index (κ2) is 6.97. The van der Waals surface area contributed by atoms with Crippen LogP contribution in [0.3, 0.4) is 0 Å². The SMILES string of the molecule is CC(C)CC1CNC(C2CC2)CN1Cc1ccc(I)cc1. The van der Waals surface area contributed by atoms with Crippen LogP contribution in [0.25, 0.3) is 0 Å². The summed E-state index contributed by atoms with van der Waals surface area (Å²) in [6.45, 7) is 8.20. The first-order valence-corrected chi connectivity index (χ1v) is 9.41. The Hall–Kier alpha value is -0.130. The van der Waals surface area contributed by atoms with E-state index in [4.69, 9.17) is 0 Å². The van der Waals surface area contributed by atoms with Crippen molar-refractivity contribution in [3.63, 3.8) is 0 Å². The van der Waals surface area contributed by atoms with E-state index < -0.39 is 0 Å². The van der Waals surface area contributed by atoms with Crippen molar-refractivity contribution in [1.29, 1.82) is 0 Å². The zero-order valence-corrected chi connectivity index (χ0v) is 15.3. The first-order chi connectivity index (χ1) is 10.1. The highest BCUT2D eigenvalue weighted by molar-refractivity contribution is 14.1. The lowest BCUT2D eigenvalue weighted by molar-refractivity contribution is 0.0999. The van der Waals surface area contributed by atoms with Crippen molar-refractivity contribution in [3.8, 4) is 0 Å². The Morgan fingerprint density at radius 1 is 1.24 bits per heavy atom. The zero-order chi connectivity index (χ0) is 14.8. The van der Waals surface area contributed by atoms with Crippen LogP contribution in [-0.4, -0.2) is 30.1 Å². The van der Waals surface area contributed by atoms with Gasteiger partial charge in [-0.1, -0.05) is 26.0 Å². The molecule has 2 aliphatic rings. The van der Waals surface area contributed by atoms with Gasteiger partial charge in [-0.3, -0.25) is 4.90 Å². The Labute approximate surface area is 142 Å². The average molecular weight is 398 g/mol. The first-order valence-electron chi connectivity index (χ1n) is 8.33. The molecule has 2 nitrogen and oxygen atoms in total. The van der Waals surface area contributed by atoms with E-state index in [1.165, 1.54) is 41.5 Å². The van der Waals surface area contributed by atoms with E-state index in [1.54, 1.807) is 0 Å². The highest BCUT2D eigenvalue weighted by Crippen LogP contribution is 2.35. The van der Waals surface area contributed by atoms with Crippen LogP contribution in [0, 0.1) is 15.4 Å². The van der Waals surface area contributed by atoms with Crippen LogP contribution >= 0.6 is 22.6 Å². The van der Waals surface area contributed by atoms with Gasteiger partial charge in [-0.25, -0.2) is 0 Å². The molecule has 3 heteroatoms. The van der Waals surface area contributed by atoms with E-state index in [2.05, 4.69) is 70.9 Å². The lowest BCUT2D eigenvalue weighted by Crippen LogP contribution is -2.57. The average Bonchev–Trinajstić information content (AvgIpc) is 3.27. The maximum atomic E-state index is 3.82. The Morgan fingerprint density at radius 3 is 2.57 bits per heavy atom. The third kappa shape index (κ3) is 4.42. The van der Waals surface area contributed by atoms with Gasteiger partial charge in [0.05, 0.1) is 0 Å².